The molecule has 0 saturated carbocycles. The van der Waals surface area contributed by atoms with Gasteiger partial charge in [-0.1, -0.05) is 6.07 Å². The molecule has 0 aliphatic carbocycles. The fourth-order valence-corrected chi connectivity index (χ4v) is 4.38. The highest BCUT2D eigenvalue weighted by molar-refractivity contribution is 6.03. The summed E-state index contributed by atoms with van der Waals surface area (Å²) >= 11 is 0. The van der Waals surface area contributed by atoms with Crippen molar-refractivity contribution in [1.82, 2.24) is 4.90 Å². The van der Waals surface area contributed by atoms with Gasteiger partial charge in [0.1, 0.15) is 11.9 Å². The number of benzene rings is 2. The molecule has 2 aromatic carbocycles. The first-order chi connectivity index (χ1) is 14.3. The van der Waals surface area contributed by atoms with E-state index in [2.05, 4.69) is 37.8 Å². The van der Waals surface area contributed by atoms with Gasteiger partial charge in [-0.15, -0.1) is 0 Å². The van der Waals surface area contributed by atoms with Crippen LogP contribution in [0.15, 0.2) is 42.5 Å². The molecule has 1 fully saturated rings. The lowest BCUT2D eigenvalue weighted by atomic mass is 9.98. The van der Waals surface area contributed by atoms with Crippen LogP contribution < -0.4 is 9.64 Å². The number of likely N-dealkylation sites (tertiary alicyclic amines) is 1. The van der Waals surface area contributed by atoms with E-state index in [1.807, 2.05) is 24.3 Å². The van der Waals surface area contributed by atoms with E-state index in [9.17, 15) is 10.1 Å². The van der Waals surface area contributed by atoms with Crippen LogP contribution in [0.3, 0.4) is 0 Å². The molecule has 1 saturated heterocycles. The standard InChI is InChI=1S/C25H29N3O2/c1-25(2,3)27-13-11-21(12-14-27)30-22-8-9-23-19(16-22)7-10-24(29)28(23)20-6-4-5-18(15-20)17-26/h4-6,8-9,15-16,21H,7,10-14H2,1-3H3. The van der Waals surface area contributed by atoms with Crippen LogP contribution in [-0.2, 0) is 11.2 Å². The Morgan fingerprint density at radius 1 is 1.07 bits per heavy atom. The van der Waals surface area contributed by atoms with Crippen molar-refractivity contribution in [2.45, 2.75) is 58.1 Å². The number of piperidine rings is 1. The van der Waals surface area contributed by atoms with Crippen molar-refractivity contribution in [2.75, 3.05) is 18.0 Å². The molecule has 0 unspecified atom stereocenters. The van der Waals surface area contributed by atoms with Crippen LogP contribution in [0.5, 0.6) is 5.75 Å². The molecule has 156 valence electrons. The van der Waals surface area contributed by atoms with Gasteiger partial charge in [-0.2, -0.15) is 5.26 Å². The summed E-state index contributed by atoms with van der Waals surface area (Å²) in [6.45, 7) is 8.89. The first-order valence-corrected chi connectivity index (χ1v) is 10.7. The first-order valence-electron chi connectivity index (χ1n) is 10.7. The summed E-state index contributed by atoms with van der Waals surface area (Å²) in [6.07, 6.45) is 3.45. The van der Waals surface area contributed by atoms with Crippen molar-refractivity contribution in [3.8, 4) is 11.8 Å². The number of ether oxygens (including phenoxy) is 1. The van der Waals surface area contributed by atoms with Crippen molar-refractivity contribution in [3.63, 3.8) is 0 Å². The van der Waals surface area contributed by atoms with Crippen LogP contribution in [0.2, 0.25) is 0 Å². The molecule has 30 heavy (non-hydrogen) atoms. The second-order valence-electron chi connectivity index (χ2n) is 9.16. The van der Waals surface area contributed by atoms with Gasteiger partial charge in [-0.25, -0.2) is 0 Å². The Kier molecular flexibility index (Phi) is 5.53. The zero-order valence-corrected chi connectivity index (χ0v) is 18.0. The quantitative estimate of drug-likeness (QED) is 0.738. The van der Waals surface area contributed by atoms with E-state index in [1.54, 1.807) is 17.0 Å². The molecule has 2 aliphatic heterocycles. The number of carbonyl (C=O) groups excluding carboxylic acids is 1. The number of fused-ring (bicyclic) bond motifs is 1. The Bertz CT molecular complexity index is 979. The maximum Gasteiger partial charge on any atom is 0.231 e. The van der Waals surface area contributed by atoms with Crippen LogP contribution in [-0.4, -0.2) is 35.5 Å². The van der Waals surface area contributed by atoms with Gasteiger partial charge in [0.15, 0.2) is 0 Å². The van der Waals surface area contributed by atoms with Gasteiger partial charge in [-0.05, 0) is 82.0 Å². The predicted octanol–water partition coefficient (Wildman–Crippen LogP) is 4.81. The van der Waals surface area contributed by atoms with Crippen LogP contribution in [0.25, 0.3) is 0 Å². The molecule has 4 rings (SSSR count). The fraction of sp³-hybridized carbons (Fsp3) is 0.440. The number of carbonyl (C=O) groups is 1. The minimum absolute atomic E-state index is 0.0563. The number of hydrogen-bond donors (Lipinski definition) is 0. The summed E-state index contributed by atoms with van der Waals surface area (Å²) in [5, 5.41) is 9.20. The smallest absolute Gasteiger partial charge is 0.231 e. The lowest BCUT2D eigenvalue weighted by Crippen LogP contribution is -2.48. The van der Waals surface area contributed by atoms with E-state index in [1.165, 1.54) is 0 Å². The highest BCUT2D eigenvalue weighted by atomic mass is 16.5. The predicted molar refractivity (Wildman–Crippen MR) is 118 cm³/mol. The van der Waals surface area contributed by atoms with Gasteiger partial charge < -0.3 is 4.74 Å². The number of hydrogen-bond acceptors (Lipinski definition) is 4. The molecular weight excluding hydrogens is 374 g/mol. The Balaban J connectivity index is 1.51. The van der Waals surface area contributed by atoms with Gasteiger partial charge in [-0.3, -0.25) is 14.6 Å². The third kappa shape index (κ3) is 4.20. The average molecular weight is 404 g/mol. The van der Waals surface area contributed by atoms with Gasteiger partial charge in [0, 0.05) is 25.0 Å². The summed E-state index contributed by atoms with van der Waals surface area (Å²) in [6, 6.07) is 15.4. The zero-order chi connectivity index (χ0) is 21.3. The minimum Gasteiger partial charge on any atom is -0.490 e. The third-order valence-electron chi connectivity index (χ3n) is 6.08. The molecule has 2 aromatic rings. The molecule has 0 radical (unpaired) electrons. The maximum atomic E-state index is 12.7. The maximum absolute atomic E-state index is 12.7. The Hall–Kier alpha value is -2.84. The molecule has 0 spiro atoms. The van der Waals surface area contributed by atoms with E-state index in [-0.39, 0.29) is 17.6 Å². The highest BCUT2D eigenvalue weighted by Crippen LogP contribution is 2.37. The lowest BCUT2D eigenvalue weighted by molar-refractivity contribution is -0.118. The minimum atomic E-state index is 0.0563. The molecule has 1 amide bonds. The number of aryl methyl sites for hydroxylation is 1. The summed E-state index contributed by atoms with van der Waals surface area (Å²) in [5.41, 5.74) is 3.49. The Labute approximate surface area is 178 Å². The van der Waals surface area contributed by atoms with E-state index in [0.717, 1.165) is 48.6 Å². The number of nitrogens with zero attached hydrogens (tertiary/aromatic N) is 3. The van der Waals surface area contributed by atoms with E-state index < -0.39 is 0 Å². The number of amides is 1. The molecule has 2 heterocycles. The van der Waals surface area contributed by atoms with Gasteiger partial charge in [0.05, 0.1) is 23.0 Å². The molecule has 0 atom stereocenters. The molecule has 5 nitrogen and oxygen atoms in total. The highest BCUT2D eigenvalue weighted by Gasteiger charge is 2.29. The van der Waals surface area contributed by atoms with E-state index in [4.69, 9.17) is 4.74 Å². The summed E-state index contributed by atoms with van der Waals surface area (Å²) in [4.78, 5) is 16.9. The van der Waals surface area contributed by atoms with Gasteiger partial charge >= 0.3 is 0 Å². The van der Waals surface area contributed by atoms with Gasteiger partial charge in [0.2, 0.25) is 5.91 Å². The number of anilines is 2. The number of nitriles is 1. The van der Waals surface area contributed by atoms with Crippen molar-refractivity contribution < 1.29 is 9.53 Å². The second kappa shape index (κ2) is 8.12. The normalized spacial score (nSPS) is 18.1. The second-order valence-corrected chi connectivity index (χ2v) is 9.16. The fourth-order valence-electron chi connectivity index (χ4n) is 4.38. The zero-order valence-electron chi connectivity index (χ0n) is 18.0. The Morgan fingerprint density at radius 2 is 1.83 bits per heavy atom. The molecular formula is C25H29N3O2. The van der Waals surface area contributed by atoms with Crippen molar-refractivity contribution in [2.24, 2.45) is 0 Å². The summed E-state index contributed by atoms with van der Waals surface area (Å²) in [7, 11) is 0. The summed E-state index contributed by atoms with van der Waals surface area (Å²) < 4.78 is 6.31. The first kappa shape index (κ1) is 20.4. The van der Waals surface area contributed by atoms with Crippen LogP contribution >= 0.6 is 0 Å². The van der Waals surface area contributed by atoms with E-state index in [0.29, 0.717) is 18.4 Å². The van der Waals surface area contributed by atoms with Crippen molar-refractivity contribution >= 4 is 17.3 Å². The van der Waals surface area contributed by atoms with Crippen LogP contribution in [0.1, 0.15) is 51.2 Å². The topological polar surface area (TPSA) is 56.6 Å². The SMILES string of the molecule is CC(C)(C)N1CCC(Oc2ccc3c(c2)CCC(=O)N3c2cccc(C#N)c2)CC1. The molecule has 2 aliphatic rings. The molecule has 0 N–H and O–H groups in total. The lowest BCUT2D eigenvalue weighted by Gasteiger charge is -2.40. The number of rotatable bonds is 3. The van der Waals surface area contributed by atoms with Gasteiger partial charge in [0.25, 0.3) is 0 Å². The average Bonchev–Trinajstić information content (AvgIpc) is 2.73. The largest absolute Gasteiger partial charge is 0.490 e. The molecule has 5 heteroatoms. The van der Waals surface area contributed by atoms with E-state index >= 15 is 0 Å². The van der Waals surface area contributed by atoms with Crippen molar-refractivity contribution in [3.05, 3.63) is 53.6 Å². The van der Waals surface area contributed by atoms with Crippen LogP contribution in [0.4, 0.5) is 11.4 Å². The Morgan fingerprint density at radius 3 is 2.53 bits per heavy atom. The monoisotopic (exact) mass is 403 g/mol. The molecule has 0 bridgehead atoms. The third-order valence-corrected chi connectivity index (χ3v) is 6.08. The van der Waals surface area contributed by atoms with Crippen molar-refractivity contribution in [1.29, 1.82) is 5.26 Å². The van der Waals surface area contributed by atoms with Crippen LogP contribution in [0, 0.1) is 11.3 Å². The summed E-state index contributed by atoms with van der Waals surface area (Å²) in [5.74, 6) is 0.934. The molecule has 0 aromatic heterocycles.